The minimum atomic E-state index is -0.346. The van der Waals surface area contributed by atoms with Gasteiger partial charge in [0, 0.05) is 4.90 Å². The summed E-state index contributed by atoms with van der Waals surface area (Å²) in [4.78, 5) is 1.13. The maximum Gasteiger partial charge on any atom is 0.136 e. The predicted octanol–water partition coefficient (Wildman–Crippen LogP) is 7.28. The van der Waals surface area contributed by atoms with E-state index in [1.165, 1.54) is 0 Å². The van der Waals surface area contributed by atoms with Crippen LogP contribution < -0.4 is 0 Å². The standard InChI is InChI=1S/C33H34O4S/c1-25-30(34-22-26-14-6-2-7-15-26)31(35-23-27-16-8-3-9-17-27)32(36-24-28-18-10-4-11-19-28)33(37-25)38-29-20-12-5-13-21-29/h2-21,25,30-33H,22-24H2,1H3/t25-,30+,31-,32-,33+/m0/s1. The van der Waals surface area contributed by atoms with Crippen LogP contribution in [0, 0.1) is 0 Å². The van der Waals surface area contributed by atoms with Crippen LogP contribution in [0.15, 0.2) is 126 Å². The van der Waals surface area contributed by atoms with E-state index in [-0.39, 0.29) is 29.9 Å². The zero-order valence-electron chi connectivity index (χ0n) is 21.6. The van der Waals surface area contributed by atoms with E-state index >= 15 is 0 Å². The molecule has 5 heteroatoms. The summed E-state index contributed by atoms with van der Waals surface area (Å²) in [7, 11) is 0. The minimum absolute atomic E-state index is 0.183. The molecule has 1 aliphatic heterocycles. The van der Waals surface area contributed by atoms with E-state index in [4.69, 9.17) is 18.9 Å². The Hall–Kier alpha value is -2.93. The summed E-state index contributed by atoms with van der Waals surface area (Å²) in [6.07, 6.45) is -1.15. The zero-order valence-corrected chi connectivity index (χ0v) is 22.4. The van der Waals surface area contributed by atoms with Crippen molar-refractivity contribution in [2.45, 2.75) is 61.5 Å². The molecular formula is C33H34O4S. The minimum Gasteiger partial charge on any atom is -0.368 e. The molecule has 4 aromatic rings. The lowest BCUT2D eigenvalue weighted by Crippen LogP contribution is -2.58. The van der Waals surface area contributed by atoms with Gasteiger partial charge in [-0.3, -0.25) is 0 Å². The molecule has 1 aliphatic rings. The molecule has 0 spiro atoms. The summed E-state index contributed by atoms with van der Waals surface area (Å²) in [6, 6.07) is 41.0. The van der Waals surface area contributed by atoms with Crippen molar-refractivity contribution in [3.8, 4) is 0 Å². The van der Waals surface area contributed by atoms with Gasteiger partial charge in [0.15, 0.2) is 0 Å². The Balaban J connectivity index is 1.41. The van der Waals surface area contributed by atoms with Gasteiger partial charge < -0.3 is 18.9 Å². The van der Waals surface area contributed by atoms with Crippen molar-refractivity contribution in [3.63, 3.8) is 0 Å². The van der Waals surface area contributed by atoms with E-state index in [0.717, 1.165) is 21.6 Å². The smallest absolute Gasteiger partial charge is 0.136 e. The van der Waals surface area contributed by atoms with Gasteiger partial charge in [-0.15, -0.1) is 0 Å². The largest absolute Gasteiger partial charge is 0.368 e. The Kier molecular flexibility index (Phi) is 9.64. The number of thioether (sulfide) groups is 1. The molecule has 0 bridgehead atoms. The molecule has 0 unspecified atom stereocenters. The first kappa shape index (κ1) is 26.7. The van der Waals surface area contributed by atoms with Crippen molar-refractivity contribution in [2.24, 2.45) is 0 Å². The summed E-state index contributed by atoms with van der Waals surface area (Å²) in [5, 5.41) is 0. The van der Waals surface area contributed by atoms with E-state index in [0.29, 0.717) is 19.8 Å². The molecule has 0 radical (unpaired) electrons. The van der Waals surface area contributed by atoms with Crippen LogP contribution in [-0.2, 0) is 38.8 Å². The summed E-state index contributed by atoms with van der Waals surface area (Å²) in [6.45, 7) is 3.48. The lowest BCUT2D eigenvalue weighted by Gasteiger charge is -2.45. The van der Waals surface area contributed by atoms with Gasteiger partial charge in [-0.1, -0.05) is 121 Å². The SMILES string of the molecule is C[C@@H]1O[C@H](Sc2ccccc2)[C@@H](OCc2ccccc2)[C@@H](OCc2ccccc2)[C@@H]1OCc1ccccc1. The van der Waals surface area contributed by atoms with Crippen molar-refractivity contribution >= 4 is 11.8 Å². The molecule has 0 saturated carbocycles. The molecule has 196 valence electrons. The van der Waals surface area contributed by atoms with Crippen LogP contribution in [0.3, 0.4) is 0 Å². The number of hydrogen-bond donors (Lipinski definition) is 0. The molecule has 1 fully saturated rings. The van der Waals surface area contributed by atoms with Gasteiger partial charge in [-0.05, 0) is 35.7 Å². The second-order valence-electron chi connectivity index (χ2n) is 9.42. The molecule has 38 heavy (non-hydrogen) atoms. The first-order valence-corrected chi connectivity index (χ1v) is 14.0. The Morgan fingerprint density at radius 2 is 0.921 bits per heavy atom. The van der Waals surface area contributed by atoms with Gasteiger partial charge in [0.1, 0.15) is 23.7 Å². The maximum absolute atomic E-state index is 6.67. The van der Waals surface area contributed by atoms with Crippen molar-refractivity contribution in [1.82, 2.24) is 0 Å². The molecule has 4 nitrogen and oxygen atoms in total. The lowest BCUT2D eigenvalue weighted by atomic mass is 9.99. The number of rotatable bonds is 11. The molecule has 0 N–H and O–H groups in total. The monoisotopic (exact) mass is 526 g/mol. The average Bonchev–Trinajstić information content (AvgIpc) is 2.97. The molecule has 5 rings (SSSR count). The third-order valence-electron chi connectivity index (χ3n) is 6.58. The average molecular weight is 527 g/mol. The van der Waals surface area contributed by atoms with Gasteiger partial charge >= 0.3 is 0 Å². The highest BCUT2D eigenvalue weighted by Gasteiger charge is 2.47. The summed E-state index contributed by atoms with van der Waals surface area (Å²) < 4.78 is 26.4. The van der Waals surface area contributed by atoms with Crippen LogP contribution >= 0.6 is 11.8 Å². The van der Waals surface area contributed by atoms with Crippen LogP contribution in [0.2, 0.25) is 0 Å². The Morgan fingerprint density at radius 3 is 1.39 bits per heavy atom. The Bertz CT molecular complexity index is 1210. The van der Waals surface area contributed by atoms with E-state index in [1.807, 2.05) is 72.8 Å². The summed E-state index contributed by atoms with van der Waals surface area (Å²) in [5.41, 5.74) is 3.08. The van der Waals surface area contributed by atoms with Crippen LogP contribution in [-0.4, -0.2) is 29.9 Å². The summed E-state index contributed by atoms with van der Waals surface area (Å²) >= 11 is 1.67. The van der Waals surface area contributed by atoms with Gasteiger partial charge in [-0.2, -0.15) is 0 Å². The normalized spacial score (nSPS) is 23.2. The van der Waals surface area contributed by atoms with Crippen LogP contribution in [0.5, 0.6) is 0 Å². The van der Waals surface area contributed by atoms with Crippen molar-refractivity contribution < 1.29 is 18.9 Å². The third-order valence-corrected chi connectivity index (χ3v) is 7.73. The van der Waals surface area contributed by atoms with Crippen molar-refractivity contribution in [2.75, 3.05) is 0 Å². The van der Waals surface area contributed by atoms with Gasteiger partial charge in [-0.25, -0.2) is 0 Å². The molecule has 0 aromatic heterocycles. The van der Waals surface area contributed by atoms with E-state index < -0.39 is 0 Å². The topological polar surface area (TPSA) is 36.9 Å². The predicted molar refractivity (Wildman–Crippen MR) is 152 cm³/mol. The Labute approximate surface area is 229 Å². The van der Waals surface area contributed by atoms with Crippen LogP contribution in [0.25, 0.3) is 0 Å². The van der Waals surface area contributed by atoms with Crippen LogP contribution in [0.4, 0.5) is 0 Å². The fourth-order valence-electron chi connectivity index (χ4n) is 4.60. The molecule has 1 heterocycles. The second kappa shape index (κ2) is 13.7. The number of benzene rings is 4. The zero-order chi connectivity index (χ0) is 26.0. The van der Waals surface area contributed by atoms with Gasteiger partial charge in [0.2, 0.25) is 0 Å². The van der Waals surface area contributed by atoms with E-state index in [2.05, 4.69) is 55.5 Å². The second-order valence-corrected chi connectivity index (χ2v) is 10.6. The van der Waals surface area contributed by atoms with E-state index in [1.54, 1.807) is 11.8 Å². The highest BCUT2D eigenvalue weighted by molar-refractivity contribution is 7.99. The first-order chi connectivity index (χ1) is 18.8. The quantitative estimate of drug-likeness (QED) is 0.205. The molecular weight excluding hydrogens is 492 g/mol. The van der Waals surface area contributed by atoms with Crippen molar-refractivity contribution in [3.05, 3.63) is 138 Å². The highest BCUT2D eigenvalue weighted by atomic mass is 32.2. The van der Waals surface area contributed by atoms with Gasteiger partial charge in [0.25, 0.3) is 0 Å². The first-order valence-electron chi connectivity index (χ1n) is 13.1. The molecule has 0 amide bonds. The third kappa shape index (κ3) is 7.34. The molecule has 4 aromatic carbocycles. The molecule has 0 aliphatic carbocycles. The number of hydrogen-bond acceptors (Lipinski definition) is 5. The van der Waals surface area contributed by atoms with E-state index in [9.17, 15) is 0 Å². The molecule has 1 saturated heterocycles. The summed E-state index contributed by atoms with van der Waals surface area (Å²) in [5.74, 6) is 0. The fraction of sp³-hybridized carbons (Fsp3) is 0.273. The number of ether oxygens (including phenoxy) is 4. The Morgan fingerprint density at radius 1 is 0.526 bits per heavy atom. The maximum atomic E-state index is 6.67. The lowest BCUT2D eigenvalue weighted by molar-refractivity contribution is -0.242. The highest BCUT2D eigenvalue weighted by Crippen LogP contribution is 2.38. The van der Waals surface area contributed by atoms with Gasteiger partial charge in [0.05, 0.1) is 25.9 Å². The fourth-order valence-corrected chi connectivity index (χ4v) is 5.78. The van der Waals surface area contributed by atoms with Crippen LogP contribution in [0.1, 0.15) is 23.6 Å². The molecule has 5 atom stereocenters. The van der Waals surface area contributed by atoms with Crippen molar-refractivity contribution in [1.29, 1.82) is 0 Å².